The van der Waals surface area contributed by atoms with Gasteiger partial charge in [0.25, 0.3) is 0 Å². The standard InChI is InChI=1S/C21H15BrO/c1-21(2)15-8-4-3-6-14(15)18-16(21)11-10-13-12-7-5-9-17(22)19(12)23-20(13)18/h3-11H,1-2H3. The summed E-state index contributed by atoms with van der Waals surface area (Å²) in [6, 6.07) is 19.4. The van der Waals surface area contributed by atoms with Gasteiger partial charge >= 0.3 is 0 Å². The number of hydrogen-bond donors (Lipinski definition) is 0. The molecular weight excluding hydrogens is 348 g/mol. The molecule has 3 aromatic carbocycles. The fourth-order valence-corrected chi connectivity index (χ4v) is 4.45. The smallest absolute Gasteiger partial charge is 0.149 e. The van der Waals surface area contributed by atoms with E-state index in [0.717, 1.165) is 15.6 Å². The lowest BCUT2D eigenvalue weighted by Crippen LogP contribution is -2.14. The summed E-state index contributed by atoms with van der Waals surface area (Å²) in [6.07, 6.45) is 0. The molecule has 1 aliphatic rings. The molecule has 0 saturated carbocycles. The quantitative estimate of drug-likeness (QED) is 0.341. The molecule has 112 valence electrons. The minimum absolute atomic E-state index is 0.0102. The second-order valence-electron chi connectivity index (χ2n) is 6.75. The van der Waals surface area contributed by atoms with Crippen LogP contribution in [0.15, 0.2) is 63.5 Å². The molecule has 5 rings (SSSR count). The predicted molar refractivity (Wildman–Crippen MR) is 99.0 cm³/mol. The Bertz CT molecular complexity index is 1100. The minimum atomic E-state index is 0.0102. The number of fused-ring (bicyclic) bond motifs is 7. The summed E-state index contributed by atoms with van der Waals surface area (Å²) in [5.41, 5.74) is 7.22. The van der Waals surface area contributed by atoms with Crippen molar-refractivity contribution >= 4 is 37.9 Å². The Kier molecular flexibility index (Phi) is 2.48. The Balaban J connectivity index is 2.02. The van der Waals surface area contributed by atoms with Gasteiger partial charge in [0.1, 0.15) is 11.2 Å². The highest BCUT2D eigenvalue weighted by atomic mass is 79.9. The molecule has 2 heteroatoms. The van der Waals surface area contributed by atoms with Crippen molar-refractivity contribution in [2.45, 2.75) is 19.3 Å². The molecule has 0 unspecified atom stereocenters. The van der Waals surface area contributed by atoms with E-state index in [-0.39, 0.29) is 5.41 Å². The number of rotatable bonds is 0. The molecule has 0 N–H and O–H groups in total. The van der Waals surface area contributed by atoms with Crippen LogP contribution in [-0.2, 0) is 5.41 Å². The zero-order chi connectivity index (χ0) is 15.8. The zero-order valence-electron chi connectivity index (χ0n) is 13.0. The molecule has 0 radical (unpaired) electrons. The van der Waals surface area contributed by atoms with E-state index in [1.54, 1.807) is 0 Å². The topological polar surface area (TPSA) is 13.1 Å². The van der Waals surface area contributed by atoms with Crippen LogP contribution in [0, 0.1) is 0 Å². The van der Waals surface area contributed by atoms with Crippen molar-refractivity contribution in [1.29, 1.82) is 0 Å². The van der Waals surface area contributed by atoms with E-state index in [2.05, 4.69) is 78.3 Å². The highest BCUT2D eigenvalue weighted by Gasteiger charge is 2.37. The highest BCUT2D eigenvalue weighted by Crippen LogP contribution is 2.52. The SMILES string of the molecule is CC1(C)c2ccccc2-c2c1ccc1c2oc2c(Br)cccc21. The van der Waals surface area contributed by atoms with E-state index in [0.29, 0.717) is 0 Å². The van der Waals surface area contributed by atoms with Gasteiger partial charge in [0.2, 0.25) is 0 Å². The highest BCUT2D eigenvalue weighted by molar-refractivity contribution is 9.10. The molecular formula is C21H15BrO. The molecule has 1 nitrogen and oxygen atoms in total. The van der Waals surface area contributed by atoms with Crippen molar-refractivity contribution in [3.63, 3.8) is 0 Å². The van der Waals surface area contributed by atoms with Crippen molar-refractivity contribution in [2.24, 2.45) is 0 Å². The molecule has 23 heavy (non-hydrogen) atoms. The first-order valence-electron chi connectivity index (χ1n) is 7.83. The normalized spacial score (nSPS) is 15.1. The Hall–Kier alpha value is -2.06. The van der Waals surface area contributed by atoms with Crippen molar-refractivity contribution in [1.82, 2.24) is 0 Å². The fourth-order valence-electron chi connectivity index (χ4n) is 4.01. The fraction of sp³-hybridized carbons (Fsp3) is 0.143. The molecule has 0 spiro atoms. The first-order valence-corrected chi connectivity index (χ1v) is 8.62. The number of para-hydroxylation sites is 1. The van der Waals surface area contributed by atoms with Gasteiger partial charge in [-0.2, -0.15) is 0 Å². The van der Waals surface area contributed by atoms with E-state index in [1.807, 2.05) is 6.07 Å². The number of benzene rings is 3. The first-order chi connectivity index (χ1) is 11.1. The van der Waals surface area contributed by atoms with Crippen LogP contribution in [0.2, 0.25) is 0 Å². The summed E-state index contributed by atoms with van der Waals surface area (Å²) in [4.78, 5) is 0. The molecule has 1 aromatic heterocycles. The van der Waals surface area contributed by atoms with Crippen LogP contribution < -0.4 is 0 Å². The van der Waals surface area contributed by atoms with Crippen molar-refractivity contribution in [3.8, 4) is 11.1 Å². The Morgan fingerprint density at radius 3 is 2.43 bits per heavy atom. The van der Waals surface area contributed by atoms with E-state index < -0.39 is 0 Å². The summed E-state index contributed by atoms with van der Waals surface area (Å²) in [5.74, 6) is 0. The number of halogens is 1. The van der Waals surface area contributed by atoms with Crippen LogP contribution in [0.5, 0.6) is 0 Å². The maximum absolute atomic E-state index is 6.33. The van der Waals surface area contributed by atoms with Gasteiger partial charge in [0.15, 0.2) is 0 Å². The Morgan fingerprint density at radius 2 is 1.57 bits per heavy atom. The lowest BCUT2D eigenvalue weighted by atomic mass is 9.82. The van der Waals surface area contributed by atoms with E-state index in [9.17, 15) is 0 Å². The second kappa shape index (κ2) is 4.27. The van der Waals surface area contributed by atoms with Crippen molar-refractivity contribution < 1.29 is 4.42 Å². The van der Waals surface area contributed by atoms with Gasteiger partial charge < -0.3 is 4.42 Å². The summed E-state index contributed by atoms with van der Waals surface area (Å²) in [5, 5.41) is 2.35. The molecule has 0 fully saturated rings. The molecule has 0 aliphatic heterocycles. The maximum atomic E-state index is 6.33. The zero-order valence-corrected chi connectivity index (χ0v) is 14.6. The lowest BCUT2D eigenvalue weighted by molar-refractivity contribution is 0.652. The third kappa shape index (κ3) is 1.57. The Labute approximate surface area is 143 Å². The summed E-state index contributed by atoms with van der Waals surface area (Å²) in [7, 11) is 0. The molecule has 0 saturated heterocycles. The van der Waals surface area contributed by atoms with Gasteiger partial charge in [-0.15, -0.1) is 0 Å². The largest absolute Gasteiger partial charge is 0.454 e. The van der Waals surface area contributed by atoms with Crippen LogP contribution in [0.4, 0.5) is 0 Å². The van der Waals surface area contributed by atoms with Crippen LogP contribution >= 0.6 is 15.9 Å². The van der Waals surface area contributed by atoms with Crippen LogP contribution in [0.1, 0.15) is 25.0 Å². The van der Waals surface area contributed by atoms with Crippen molar-refractivity contribution in [3.05, 3.63) is 70.2 Å². The average Bonchev–Trinajstić information content (AvgIpc) is 3.04. The number of hydrogen-bond acceptors (Lipinski definition) is 1. The summed E-state index contributed by atoms with van der Waals surface area (Å²) >= 11 is 3.62. The van der Waals surface area contributed by atoms with Crippen LogP contribution in [0.25, 0.3) is 33.1 Å². The van der Waals surface area contributed by atoms with Gasteiger partial charge in [-0.25, -0.2) is 0 Å². The lowest BCUT2D eigenvalue weighted by Gasteiger charge is -2.21. The monoisotopic (exact) mass is 362 g/mol. The molecule has 0 amide bonds. The van der Waals surface area contributed by atoms with Crippen LogP contribution in [0.3, 0.4) is 0 Å². The van der Waals surface area contributed by atoms with E-state index >= 15 is 0 Å². The van der Waals surface area contributed by atoms with Crippen LogP contribution in [-0.4, -0.2) is 0 Å². The van der Waals surface area contributed by atoms with Crippen molar-refractivity contribution in [2.75, 3.05) is 0 Å². The van der Waals surface area contributed by atoms with Gasteiger partial charge in [0.05, 0.1) is 4.47 Å². The molecule has 0 atom stereocenters. The van der Waals surface area contributed by atoms with Gasteiger partial charge in [-0.3, -0.25) is 0 Å². The first kappa shape index (κ1) is 13.4. The minimum Gasteiger partial charge on any atom is -0.454 e. The van der Waals surface area contributed by atoms with E-state index in [4.69, 9.17) is 4.42 Å². The molecule has 1 heterocycles. The second-order valence-corrected chi connectivity index (χ2v) is 7.61. The summed E-state index contributed by atoms with van der Waals surface area (Å²) in [6.45, 7) is 4.59. The molecule has 1 aliphatic carbocycles. The molecule has 4 aromatic rings. The summed E-state index contributed by atoms with van der Waals surface area (Å²) < 4.78 is 7.33. The molecule has 0 bridgehead atoms. The third-order valence-electron chi connectivity index (χ3n) is 5.16. The van der Waals surface area contributed by atoms with Gasteiger partial charge in [-0.05, 0) is 38.7 Å². The van der Waals surface area contributed by atoms with E-state index in [1.165, 1.54) is 33.0 Å². The predicted octanol–water partition coefficient (Wildman–Crippen LogP) is 6.65. The average molecular weight is 363 g/mol. The Morgan fingerprint density at radius 1 is 0.783 bits per heavy atom. The maximum Gasteiger partial charge on any atom is 0.149 e. The van der Waals surface area contributed by atoms with Gasteiger partial charge in [0, 0.05) is 21.8 Å². The van der Waals surface area contributed by atoms with Gasteiger partial charge in [-0.1, -0.05) is 62.4 Å². The third-order valence-corrected chi connectivity index (χ3v) is 5.79. The number of furan rings is 1.